The van der Waals surface area contributed by atoms with Crippen molar-refractivity contribution in [1.29, 1.82) is 0 Å². The predicted octanol–water partition coefficient (Wildman–Crippen LogP) is 0.283. The molecular weight excluding hydrogens is 142 g/mol. The van der Waals surface area contributed by atoms with Crippen LogP contribution in [0, 0.1) is 5.92 Å². The van der Waals surface area contributed by atoms with E-state index in [0.29, 0.717) is 0 Å². The molecule has 0 aliphatic heterocycles. The molecule has 0 aromatic rings. The van der Waals surface area contributed by atoms with Crippen molar-refractivity contribution in [2.75, 3.05) is 6.61 Å². The lowest BCUT2D eigenvalue weighted by Crippen LogP contribution is -2.41. The van der Waals surface area contributed by atoms with E-state index in [1.54, 1.807) is 6.92 Å². The number of amides is 1. The van der Waals surface area contributed by atoms with Gasteiger partial charge in [0.15, 0.2) is 0 Å². The third-order valence-electron chi connectivity index (χ3n) is 2.14. The number of aliphatic hydroxyl groups excluding tert-OH is 1. The zero-order valence-electron chi connectivity index (χ0n) is 6.84. The topological polar surface area (TPSA) is 49.3 Å². The number of nitrogens with one attached hydrogen (secondary N) is 1. The molecule has 1 amide bonds. The van der Waals surface area contributed by atoms with E-state index in [2.05, 4.69) is 5.32 Å². The van der Waals surface area contributed by atoms with Crippen LogP contribution < -0.4 is 5.32 Å². The fraction of sp³-hybridized carbons (Fsp3) is 0.875. The first-order chi connectivity index (χ1) is 5.24. The number of hydrogen-bond acceptors (Lipinski definition) is 2. The Morgan fingerprint density at radius 2 is 2.36 bits per heavy atom. The van der Waals surface area contributed by atoms with Gasteiger partial charge in [0.25, 0.3) is 0 Å². The van der Waals surface area contributed by atoms with Crippen LogP contribution in [0.3, 0.4) is 0 Å². The lowest BCUT2D eigenvalue weighted by Gasteiger charge is -2.25. The van der Waals surface area contributed by atoms with E-state index < -0.39 is 0 Å². The van der Waals surface area contributed by atoms with Gasteiger partial charge >= 0.3 is 0 Å². The maximum absolute atomic E-state index is 11.2. The molecule has 1 aliphatic rings. The molecule has 3 heteroatoms. The lowest BCUT2D eigenvalue weighted by molar-refractivity contribution is -0.128. The zero-order chi connectivity index (χ0) is 8.27. The summed E-state index contributed by atoms with van der Waals surface area (Å²) in [6.07, 6.45) is 3.21. The predicted molar refractivity (Wildman–Crippen MR) is 42.0 cm³/mol. The van der Waals surface area contributed by atoms with Gasteiger partial charge in [0.2, 0.25) is 5.91 Å². The Morgan fingerprint density at radius 1 is 1.73 bits per heavy atom. The highest BCUT2D eigenvalue weighted by molar-refractivity contribution is 5.79. The van der Waals surface area contributed by atoms with Gasteiger partial charge in [0.1, 0.15) is 0 Å². The maximum Gasteiger partial charge on any atom is 0.223 e. The molecule has 0 aromatic heterocycles. The van der Waals surface area contributed by atoms with Crippen LogP contribution in [0.4, 0.5) is 0 Å². The summed E-state index contributed by atoms with van der Waals surface area (Å²) in [6, 6.07) is -0.0944. The van der Waals surface area contributed by atoms with Gasteiger partial charge in [0.05, 0.1) is 6.61 Å². The second-order valence-corrected chi connectivity index (χ2v) is 3.22. The molecule has 11 heavy (non-hydrogen) atoms. The standard InChI is InChI=1S/C8H15NO2/c1-6(5-10)9-8(11)7-3-2-4-7/h6-7,10H,2-5H2,1H3,(H,9,11)/t6-/m0/s1. The van der Waals surface area contributed by atoms with Crippen LogP contribution in [-0.4, -0.2) is 23.7 Å². The number of aliphatic hydroxyl groups is 1. The molecule has 1 fully saturated rings. The molecule has 1 aliphatic carbocycles. The molecule has 64 valence electrons. The lowest BCUT2D eigenvalue weighted by atomic mass is 9.85. The van der Waals surface area contributed by atoms with Crippen molar-refractivity contribution in [3.63, 3.8) is 0 Å². The summed E-state index contributed by atoms with van der Waals surface area (Å²) in [7, 11) is 0. The zero-order valence-corrected chi connectivity index (χ0v) is 6.84. The first kappa shape index (κ1) is 8.53. The molecule has 1 atom stereocenters. The minimum absolute atomic E-state index is 0.0262. The Balaban J connectivity index is 2.19. The smallest absolute Gasteiger partial charge is 0.223 e. The minimum Gasteiger partial charge on any atom is -0.394 e. The average Bonchev–Trinajstić information content (AvgIpc) is 1.83. The van der Waals surface area contributed by atoms with Crippen molar-refractivity contribution in [2.24, 2.45) is 5.92 Å². The van der Waals surface area contributed by atoms with Gasteiger partial charge in [-0.25, -0.2) is 0 Å². The normalized spacial score (nSPS) is 20.5. The first-order valence-electron chi connectivity index (χ1n) is 4.15. The van der Waals surface area contributed by atoms with E-state index in [4.69, 9.17) is 5.11 Å². The molecule has 0 heterocycles. The van der Waals surface area contributed by atoms with E-state index in [-0.39, 0.29) is 24.5 Å². The number of carbonyl (C=O) groups excluding carboxylic acids is 1. The maximum atomic E-state index is 11.2. The molecule has 1 saturated carbocycles. The van der Waals surface area contributed by atoms with Gasteiger partial charge in [-0.05, 0) is 19.8 Å². The van der Waals surface area contributed by atoms with Gasteiger partial charge in [-0.15, -0.1) is 0 Å². The summed E-state index contributed by atoms with van der Waals surface area (Å²) < 4.78 is 0. The Kier molecular flexibility index (Phi) is 2.88. The van der Waals surface area contributed by atoms with Crippen LogP contribution >= 0.6 is 0 Å². The van der Waals surface area contributed by atoms with Crippen molar-refractivity contribution in [2.45, 2.75) is 32.2 Å². The molecular formula is C8H15NO2. The Morgan fingerprint density at radius 3 is 2.73 bits per heavy atom. The van der Waals surface area contributed by atoms with E-state index in [1.807, 2.05) is 0 Å². The highest BCUT2D eigenvalue weighted by atomic mass is 16.3. The second-order valence-electron chi connectivity index (χ2n) is 3.22. The summed E-state index contributed by atoms with van der Waals surface area (Å²) in [6.45, 7) is 1.83. The van der Waals surface area contributed by atoms with Gasteiger partial charge in [0, 0.05) is 12.0 Å². The Labute approximate surface area is 66.8 Å². The summed E-state index contributed by atoms with van der Waals surface area (Å²) in [4.78, 5) is 11.2. The summed E-state index contributed by atoms with van der Waals surface area (Å²) in [5.74, 6) is 0.335. The van der Waals surface area contributed by atoms with E-state index in [0.717, 1.165) is 12.8 Å². The van der Waals surface area contributed by atoms with Crippen molar-refractivity contribution in [3.8, 4) is 0 Å². The van der Waals surface area contributed by atoms with E-state index in [1.165, 1.54) is 6.42 Å². The molecule has 0 aromatic carbocycles. The monoisotopic (exact) mass is 157 g/mol. The molecule has 0 saturated heterocycles. The second kappa shape index (κ2) is 3.72. The fourth-order valence-electron chi connectivity index (χ4n) is 1.08. The van der Waals surface area contributed by atoms with Crippen LogP contribution in [0.2, 0.25) is 0 Å². The van der Waals surface area contributed by atoms with Crippen molar-refractivity contribution in [3.05, 3.63) is 0 Å². The molecule has 3 nitrogen and oxygen atoms in total. The minimum atomic E-state index is -0.0944. The average molecular weight is 157 g/mol. The van der Waals surface area contributed by atoms with Crippen LogP contribution in [0.15, 0.2) is 0 Å². The van der Waals surface area contributed by atoms with Crippen LogP contribution in [0.1, 0.15) is 26.2 Å². The Bertz CT molecular complexity index is 143. The summed E-state index contributed by atoms with van der Waals surface area (Å²) >= 11 is 0. The van der Waals surface area contributed by atoms with E-state index in [9.17, 15) is 4.79 Å². The molecule has 0 spiro atoms. The van der Waals surface area contributed by atoms with Crippen LogP contribution in [0.5, 0.6) is 0 Å². The SMILES string of the molecule is C[C@@H](CO)NC(=O)C1CCC1. The van der Waals surface area contributed by atoms with Crippen molar-refractivity contribution in [1.82, 2.24) is 5.32 Å². The Hall–Kier alpha value is -0.570. The molecule has 0 bridgehead atoms. The third-order valence-corrected chi connectivity index (χ3v) is 2.14. The van der Waals surface area contributed by atoms with Gasteiger partial charge in [-0.3, -0.25) is 4.79 Å². The van der Waals surface area contributed by atoms with Gasteiger partial charge in [-0.2, -0.15) is 0 Å². The molecule has 2 N–H and O–H groups in total. The summed E-state index contributed by atoms with van der Waals surface area (Å²) in [5.41, 5.74) is 0. The molecule has 0 unspecified atom stereocenters. The number of hydrogen-bond donors (Lipinski definition) is 2. The number of rotatable bonds is 3. The highest BCUT2D eigenvalue weighted by Crippen LogP contribution is 2.26. The van der Waals surface area contributed by atoms with Crippen LogP contribution in [0.25, 0.3) is 0 Å². The fourth-order valence-corrected chi connectivity index (χ4v) is 1.08. The first-order valence-corrected chi connectivity index (χ1v) is 4.15. The largest absolute Gasteiger partial charge is 0.394 e. The van der Waals surface area contributed by atoms with Crippen molar-refractivity contribution < 1.29 is 9.90 Å². The quantitative estimate of drug-likeness (QED) is 0.618. The molecule has 0 radical (unpaired) electrons. The van der Waals surface area contributed by atoms with Gasteiger partial charge < -0.3 is 10.4 Å². The highest BCUT2D eigenvalue weighted by Gasteiger charge is 2.25. The van der Waals surface area contributed by atoms with Crippen molar-refractivity contribution >= 4 is 5.91 Å². The molecule has 1 rings (SSSR count). The third kappa shape index (κ3) is 2.19. The van der Waals surface area contributed by atoms with Gasteiger partial charge in [-0.1, -0.05) is 6.42 Å². The number of carbonyl (C=O) groups is 1. The van der Waals surface area contributed by atoms with Crippen LogP contribution in [-0.2, 0) is 4.79 Å². The van der Waals surface area contributed by atoms with E-state index >= 15 is 0 Å². The summed E-state index contributed by atoms with van der Waals surface area (Å²) in [5, 5.41) is 11.4.